The van der Waals surface area contributed by atoms with Gasteiger partial charge in [-0.1, -0.05) is 44.2 Å². The number of hydrogen-bond donors (Lipinski definition) is 1. The highest BCUT2D eigenvalue weighted by molar-refractivity contribution is 5.46. The van der Waals surface area contributed by atoms with Gasteiger partial charge in [-0.3, -0.25) is 0 Å². The minimum atomic E-state index is 0.233. The molecule has 2 aromatic rings. The van der Waals surface area contributed by atoms with Gasteiger partial charge in [-0.25, -0.2) is 9.97 Å². The van der Waals surface area contributed by atoms with Crippen molar-refractivity contribution in [1.29, 1.82) is 0 Å². The van der Waals surface area contributed by atoms with Crippen molar-refractivity contribution < 1.29 is 4.74 Å². The van der Waals surface area contributed by atoms with Crippen LogP contribution in [0.5, 0.6) is 5.88 Å². The van der Waals surface area contributed by atoms with Gasteiger partial charge in [0.15, 0.2) is 0 Å². The van der Waals surface area contributed by atoms with E-state index in [0.717, 1.165) is 11.1 Å². The SMILES string of the molecule is CC(C)c1c(N)ncnc1OCc1ccccc1. The van der Waals surface area contributed by atoms with E-state index in [1.807, 2.05) is 44.2 Å². The summed E-state index contributed by atoms with van der Waals surface area (Å²) in [5.41, 5.74) is 7.83. The van der Waals surface area contributed by atoms with Gasteiger partial charge in [-0.2, -0.15) is 0 Å². The summed E-state index contributed by atoms with van der Waals surface area (Å²) in [6.45, 7) is 4.58. The minimum Gasteiger partial charge on any atom is -0.472 e. The quantitative estimate of drug-likeness (QED) is 0.897. The predicted molar refractivity (Wildman–Crippen MR) is 71.3 cm³/mol. The van der Waals surface area contributed by atoms with Crippen LogP contribution in [0.25, 0.3) is 0 Å². The second-order valence-electron chi connectivity index (χ2n) is 4.41. The molecular formula is C14H17N3O. The monoisotopic (exact) mass is 243 g/mol. The normalized spacial score (nSPS) is 10.6. The first kappa shape index (κ1) is 12.4. The molecule has 0 fully saturated rings. The van der Waals surface area contributed by atoms with Crippen LogP contribution in [0, 0.1) is 0 Å². The molecule has 2 rings (SSSR count). The predicted octanol–water partition coefficient (Wildman–Crippen LogP) is 2.76. The van der Waals surface area contributed by atoms with E-state index in [1.165, 1.54) is 6.33 Å². The molecule has 0 aliphatic heterocycles. The van der Waals surface area contributed by atoms with Crippen LogP contribution in [-0.2, 0) is 6.61 Å². The molecular weight excluding hydrogens is 226 g/mol. The van der Waals surface area contributed by atoms with Crippen molar-refractivity contribution in [2.75, 3.05) is 5.73 Å². The van der Waals surface area contributed by atoms with Crippen LogP contribution in [0.1, 0.15) is 30.9 Å². The van der Waals surface area contributed by atoms with Crippen LogP contribution in [0.3, 0.4) is 0 Å². The van der Waals surface area contributed by atoms with E-state index < -0.39 is 0 Å². The number of nitrogens with two attached hydrogens (primary N) is 1. The molecule has 0 saturated carbocycles. The van der Waals surface area contributed by atoms with E-state index in [0.29, 0.717) is 18.3 Å². The molecule has 4 nitrogen and oxygen atoms in total. The average molecular weight is 243 g/mol. The highest BCUT2D eigenvalue weighted by Crippen LogP contribution is 2.28. The van der Waals surface area contributed by atoms with E-state index in [9.17, 15) is 0 Å². The molecule has 1 aromatic heterocycles. The Labute approximate surface area is 107 Å². The Morgan fingerprint density at radius 3 is 2.56 bits per heavy atom. The second kappa shape index (κ2) is 5.49. The van der Waals surface area contributed by atoms with Gasteiger partial charge in [0.25, 0.3) is 0 Å². The van der Waals surface area contributed by atoms with Crippen molar-refractivity contribution in [2.45, 2.75) is 26.4 Å². The van der Waals surface area contributed by atoms with Gasteiger partial charge >= 0.3 is 0 Å². The average Bonchev–Trinajstić information content (AvgIpc) is 2.37. The molecule has 0 unspecified atom stereocenters. The smallest absolute Gasteiger partial charge is 0.222 e. The fourth-order valence-electron chi connectivity index (χ4n) is 1.78. The molecule has 0 radical (unpaired) electrons. The number of anilines is 1. The standard InChI is InChI=1S/C14H17N3O/c1-10(2)12-13(15)16-9-17-14(12)18-8-11-6-4-3-5-7-11/h3-7,9-10H,8H2,1-2H3,(H2,15,16,17). The lowest BCUT2D eigenvalue weighted by atomic mass is 10.1. The summed E-state index contributed by atoms with van der Waals surface area (Å²) in [7, 11) is 0. The van der Waals surface area contributed by atoms with Crippen LogP contribution >= 0.6 is 0 Å². The number of aromatic nitrogens is 2. The van der Waals surface area contributed by atoms with Crippen molar-refractivity contribution in [1.82, 2.24) is 9.97 Å². The van der Waals surface area contributed by atoms with E-state index in [-0.39, 0.29) is 5.92 Å². The largest absolute Gasteiger partial charge is 0.472 e. The first-order valence-corrected chi connectivity index (χ1v) is 5.95. The Kier molecular flexibility index (Phi) is 3.77. The third-order valence-corrected chi connectivity index (χ3v) is 2.67. The Balaban J connectivity index is 2.17. The fourth-order valence-corrected chi connectivity index (χ4v) is 1.78. The lowest BCUT2D eigenvalue weighted by Crippen LogP contribution is -2.06. The van der Waals surface area contributed by atoms with Crippen LogP contribution in [0.15, 0.2) is 36.7 Å². The maximum absolute atomic E-state index is 5.86. The second-order valence-corrected chi connectivity index (χ2v) is 4.41. The Bertz CT molecular complexity index is 512. The number of rotatable bonds is 4. The van der Waals surface area contributed by atoms with Crippen molar-refractivity contribution in [3.63, 3.8) is 0 Å². The summed E-state index contributed by atoms with van der Waals surface area (Å²) in [6.07, 6.45) is 1.43. The van der Waals surface area contributed by atoms with Gasteiger partial charge in [0.05, 0.1) is 5.56 Å². The maximum atomic E-state index is 5.86. The highest BCUT2D eigenvalue weighted by atomic mass is 16.5. The van der Waals surface area contributed by atoms with Crippen LogP contribution < -0.4 is 10.5 Å². The molecule has 0 saturated heterocycles. The van der Waals surface area contributed by atoms with E-state index in [4.69, 9.17) is 10.5 Å². The number of hydrogen-bond acceptors (Lipinski definition) is 4. The van der Waals surface area contributed by atoms with E-state index >= 15 is 0 Å². The van der Waals surface area contributed by atoms with Crippen molar-refractivity contribution >= 4 is 5.82 Å². The summed E-state index contributed by atoms with van der Waals surface area (Å²) >= 11 is 0. The molecule has 0 atom stereocenters. The molecule has 1 heterocycles. The number of nitrogen functional groups attached to an aromatic ring is 1. The lowest BCUT2D eigenvalue weighted by molar-refractivity contribution is 0.289. The minimum absolute atomic E-state index is 0.233. The number of nitrogens with zero attached hydrogens (tertiary/aromatic N) is 2. The summed E-state index contributed by atoms with van der Waals surface area (Å²) < 4.78 is 5.73. The van der Waals surface area contributed by atoms with Crippen molar-refractivity contribution in [3.8, 4) is 5.88 Å². The van der Waals surface area contributed by atoms with Gasteiger partial charge in [-0.05, 0) is 11.5 Å². The zero-order valence-electron chi connectivity index (χ0n) is 10.6. The fraction of sp³-hybridized carbons (Fsp3) is 0.286. The Morgan fingerprint density at radius 1 is 1.17 bits per heavy atom. The Morgan fingerprint density at radius 2 is 1.89 bits per heavy atom. The van der Waals surface area contributed by atoms with E-state index in [2.05, 4.69) is 9.97 Å². The van der Waals surface area contributed by atoms with Gasteiger partial charge in [0, 0.05) is 0 Å². The molecule has 0 aliphatic carbocycles. The highest BCUT2D eigenvalue weighted by Gasteiger charge is 2.14. The number of benzene rings is 1. The molecule has 0 spiro atoms. The van der Waals surface area contributed by atoms with Gasteiger partial charge in [0.2, 0.25) is 5.88 Å². The zero-order chi connectivity index (χ0) is 13.0. The first-order valence-electron chi connectivity index (χ1n) is 5.95. The first-order chi connectivity index (χ1) is 8.68. The molecule has 1 aromatic carbocycles. The summed E-state index contributed by atoms with van der Waals surface area (Å²) in [4.78, 5) is 8.17. The van der Waals surface area contributed by atoms with Crippen molar-refractivity contribution in [3.05, 3.63) is 47.8 Å². The summed E-state index contributed by atoms with van der Waals surface area (Å²) in [5.74, 6) is 1.29. The van der Waals surface area contributed by atoms with Crippen molar-refractivity contribution in [2.24, 2.45) is 0 Å². The summed E-state index contributed by atoms with van der Waals surface area (Å²) in [6, 6.07) is 9.97. The topological polar surface area (TPSA) is 61.0 Å². The van der Waals surface area contributed by atoms with Crippen LogP contribution in [0.4, 0.5) is 5.82 Å². The zero-order valence-corrected chi connectivity index (χ0v) is 10.6. The Hall–Kier alpha value is -2.10. The lowest BCUT2D eigenvalue weighted by Gasteiger charge is -2.14. The molecule has 0 amide bonds. The third kappa shape index (κ3) is 2.77. The molecule has 18 heavy (non-hydrogen) atoms. The summed E-state index contributed by atoms with van der Waals surface area (Å²) in [5, 5.41) is 0. The molecule has 4 heteroatoms. The van der Waals surface area contributed by atoms with Crippen LogP contribution in [-0.4, -0.2) is 9.97 Å². The molecule has 0 bridgehead atoms. The van der Waals surface area contributed by atoms with E-state index in [1.54, 1.807) is 0 Å². The van der Waals surface area contributed by atoms with Gasteiger partial charge < -0.3 is 10.5 Å². The molecule has 94 valence electrons. The van der Waals surface area contributed by atoms with Crippen LogP contribution in [0.2, 0.25) is 0 Å². The molecule has 0 aliphatic rings. The van der Waals surface area contributed by atoms with Gasteiger partial charge in [-0.15, -0.1) is 0 Å². The number of ether oxygens (including phenoxy) is 1. The van der Waals surface area contributed by atoms with Gasteiger partial charge in [0.1, 0.15) is 18.8 Å². The third-order valence-electron chi connectivity index (χ3n) is 2.67. The maximum Gasteiger partial charge on any atom is 0.222 e. The molecule has 2 N–H and O–H groups in total.